The van der Waals surface area contributed by atoms with Crippen LogP contribution in [0.5, 0.6) is 0 Å². The predicted octanol–water partition coefficient (Wildman–Crippen LogP) is 3.59. The van der Waals surface area contributed by atoms with Gasteiger partial charge in [0.15, 0.2) is 0 Å². The summed E-state index contributed by atoms with van der Waals surface area (Å²) in [5, 5.41) is 0. The van der Waals surface area contributed by atoms with Gasteiger partial charge in [0.05, 0.1) is 0 Å². The van der Waals surface area contributed by atoms with Crippen molar-refractivity contribution >= 4 is 5.91 Å². The minimum Gasteiger partial charge on any atom is -0.341 e. The number of benzene rings is 2. The lowest BCUT2D eigenvalue weighted by Crippen LogP contribution is -2.26. The molecule has 0 saturated carbocycles. The topological polar surface area (TPSA) is 20.3 Å². The molecule has 2 heteroatoms. The summed E-state index contributed by atoms with van der Waals surface area (Å²) >= 11 is 0. The Morgan fingerprint density at radius 2 is 1.60 bits per heavy atom. The van der Waals surface area contributed by atoms with Crippen LogP contribution < -0.4 is 0 Å². The molecule has 2 aromatic rings. The normalized spacial score (nSPS) is 10.3. The zero-order valence-electron chi connectivity index (χ0n) is 12.2. The van der Waals surface area contributed by atoms with Gasteiger partial charge in [-0.25, -0.2) is 0 Å². The van der Waals surface area contributed by atoms with Crippen LogP contribution in [-0.2, 0) is 17.8 Å². The zero-order chi connectivity index (χ0) is 14.4. The van der Waals surface area contributed by atoms with Crippen LogP contribution >= 0.6 is 0 Å². The van der Waals surface area contributed by atoms with E-state index in [1.165, 1.54) is 16.7 Å². The molecular formula is C18H21NO. The molecule has 0 aliphatic carbocycles. The predicted molar refractivity (Wildman–Crippen MR) is 82.4 cm³/mol. The van der Waals surface area contributed by atoms with Crippen molar-refractivity contribution in [1.82, 2.24) is 4.90 Å². The molecule has 0 spiro atoms. The quantitative estimate of drug-likeness (QED) is 0.810. The lowest BCUT2D eigenvalue weighted by molar-refractivity contribution is -0.130. The Balaban J connectivity index is 1.83. The van der Waals surface area contributed by atoms with Crippen molar-refractivity contribution in [2.24, 2.45) is 0 Å². The van der Waals surface area contributed by atoms with Gasteiger partial charge in [-0.1, -0.05) is 60.2 Å². The van der Waals surface area contributed by atoms with Crippen LogP contribution in [-0.4, -0.2) is 17.9 Å². The van der Waals surface area contributed by atoms with Gasteiger partial charge in [0, 0.05) is 20.0 Å². The van der Waals surface area contributed by atoms with E-state index < -0.39 is 0 Å². The van der Waals surface area contributed by atoms with Gasteiger partial charge in [-0.3, -0.25) is 4.79 Å². The summed E-state index contributed by atoms with van der Waals surface area (Å²) in [6.45, 7) is 2.75. The third-order valence-electron chi connectivity index (χ3n) is 3.44. The average molecular weight is 267 g/mol. The summed E-state index contributed by atoms with van der Waals surface area (Å²) in [5.41, 5.74) is 3.64. The summed E-state index contributed by atoms with van der Waals surface area (Å²) < 4.78 is 0. The first-order valence-corrected chi connectivity index (χ1v) is 6.98. The van der Waals surface area contributed by atoms with Gasteiger partial charge in [0.2, 0.25) is 5.91 Å². The Kier molecular flexibility index (Phi) is 4.94. The van der Waals surface area contributed by atoms with Crippen LogP contribution in [0.2, 0.25) is 0 Å². The summed E-state index contributed by atoms with van der Waals surface area (Å²) in [6, 6.07) is 18.5. The number of rotatable bonds is 5. The molecule has 2 aromatic carbocycles. The maximum atomic E-state index is 12.1. The van der Waals surface area contributed by atoms with E-state index in [9.17, 15) is 4.79 Å². The molecule has 0 saturated heterocycles. The largest absolute Gasteiger partial charge is 0.341 e. The van der Waals surface area contributed by atoms with Gasteiger partial charge in [-0.2, -0.15) is 0 Å². The number of carbonyl (C=O) groups excluding carboxylic acids is 1. The van der Waals surface area contributed by atoms with E-state index in [1.807, 2.05) is 37.4 Å². The molecule has 104 valence electrons. The number of hydrogen-bond acceptors (Lipinski definition) is 1. The van der Waals surface area contributed by atoms with E-state index in [2.05, 4.69) is 31.2 Å². The number of hydrogen-bond donors (Lipinski definition) is 0. The Labute approximate surface area is 121 Å². The molecule has 1 amide bonds. The molecule has 0 radical (unpaired) electrons. The van der Waals surface area contributed by atoms with Gasteiger partial charge in [0.1, 0.15) is 0 Å². The summed E-state index contributed by atoms with van der Waals surface area (Å²) in [7, 11) is 1.87. The third-order valence-corrected chi connectivity index (χ3v) is 3.44. The monoisotopic (exact) mass is 267 g/mol. The first-order chi connectivity index (χ1) is 9.65. The molecule has 2 nitrogen and oxygen atoms in total. The van der Waals surface area contributed by atoms with Crippen molar-refractivity contribution in [3.63, 3.8) is 0 Å². The van der Waals surface area contributed by atoms with Crippen molar-refractivity contribution in [2.45, 2.75) is 26.3 Å². The number of nitrogens with zero attached hydrogens (tertiary/aromatic N) is 1. The van der Waals surface area contributed by atoms with Crippen molar-refractivity contribution in [2.75, 3.05) is 7.05 Å². The van der Waals surface area contributed by atoms with E-state index in [4.69, 9.17) is 0 Å². The Morgan fingerprint density at radius 1 is 0.950 bits per heavy atom. The molecule has 0 atom stereocenters. The van der Waals surface area contributed by atoms with Crippen LogP contribution in [0, 0.1) is 6.92 Å². The van der Waals surface area contributed by atoms with Gasteiger partial charge >= 0.3 is 0 Å². The van der Waals surface area contributed by atoms with Crippen LogP contribution in [0.4, 0.5) is 0 Å². The van der Waals surface area contributed by atoms with Crippen molar-refractivity contribution in [1.29, 1.82) is 0 Å². The smallest absolute Gasteiger partial charge is 0.222 e. The second-order valence-corrected chi connectivity index (χ2v) is 5.22. The fraction of sp³-hybridized carbons (Fsp3) is 0.278. The van der Waals surface area contributed by atoms with Gasteiger partial charge in [-0.05, 0) is 24.5 Å². The van der Waals surface area contributed by atoms with Crippen LogP contribution in [0.3, 0.4) is 0 Å². The van der Waals surface area contributed by atoms with Crippen molar-refractivity contribution in [3.05, 3.63) is 71.3 Å². The summed E-state index contributed by atoms with van der Waals surface area (Å²) in [5.74, 6) is 0.189. The Hall–Kier alpha value is -2.09. The lowest BCUT2D eigenvalue weighted by Gasteiger charge is -2.17. The van der Waals surface area contributed by atoms with Crippen molar-refractivity contribution in [3.8, 4) is 0 Å². The number of amides is 1. The number of carbonyl (C=O) groups is 1. The molecule has 0 bridgehead atoms. The van der Waals surface area contributed by atoms with Crippen LogP contribution in [0.25, 0.3) is 0 Å². The molecule has 0 aliphatic heterocycles. The zero-order valence-corrected chi connectivity index (χ0v) is 12.2. The van der Waals surface area contributed by atoms with E-state index >= 15 is 0 Å². The molecule has 2 rings (SSSR count). The van der Waals surface area contributed by atoms with Crippen LogP contribution in [0.15, 0.2) is 54.6 Å². The van der Waals surface area contributed by atoms with Gasteiger partial charge in [0.25, 0.3) is 0 Å². The van der Waals surface area contributed by atoms with Crippen LogP contribution in [0.1, 0.15) is 23.1 Å². The van der Waals surface area contributed by atoms with E-state index in [0.29, 0.717) is 13.0 Å². The van der Waals surface area contributed by atoms with E-state index in [0.717, 1.165) is 6.42 Å². The molecule has 0 heterocycles. The molecule has 20 heavy (non-hydrogen) atoms. The first kappa shape index (κ1) is 14.3. The summed E-state index contributed by atoms with van der Waals surface area (Å²) in [6.07, 6.45) is 1.37. The third kappa shape index (κ3) is 4.23. The fourth-order valence-corrected chi connectivity index (χ4v) is 2.14. The number of aryl methyl sites for hydroxylation is 2. The van der Waals surface area contributed by atoms with Crippen molar-refractivity contribution < 1.29 is 4.79 Å². The SMILES string of the molecule is Cc1ccc(CCC(=O)N(C)Cc2ccccc2)cc1. The molecule has 0 aliphatic rings. The minimum atomic E-state index is 0.189. The first-order valence-electron chi connectivity index (χ1n) is 6.98. The highest BCUT2D eigenvalue weighted by Gasteiger charge is 2.09. The molecular weight excluding hydrogens is 246 g/mol. The summed E-state index contributed by atoms with van der Waals surface area (Å²) in [4.78, 5) is 13.9. The standard InChI is InChI=1S/C18H21NO/c1-15-8-10-16(11-9-15)12-13-18(20)19(2)14-17-6-4-3-5-7-17/h3-11H,12-14H2,1-2H3. The average Bonchev–Trinajstić information content (AvgIpc) is 2.47. The Bertz CT molecular complexity index is 545. The molecule has 0 aromatic heterocycles. The lowest BCUT2D eigenvalue weighted by atomic mass is 10.1. The fourth-order valence-electron chi connectivity index (χ4n) is 2.14. The highest BCUT2D eigenvalue weighted by atomic mass is 16.2. The highest BCUT2D eigenvalue weighted by Crippen LogP contribution is 2.08. The van der Waals surface area contributed by atoms with E-state index in [1.54, 1.807) is 4.90 Å². The van der Waals surface area contributed by atoms with Gasteiger partial charge in [-0.15, -0.1) is 0 Å². The molecule has 0 unspecified atom stereocenters. The maximum absolute atomic E-state index is 12.1. The van der Waals surface area contributed by atoms with E-state index in [-0.39, 0.29) is 5.91 Å². The molecule has 0 fully saturated rings. The Morgan fingerprint density at radius 3 is 2.25 bits per heavy atom. The maximum Gasteiger partial charge on any atom is 0.222 e. The molecule has 0 N–H and O–H groups in total. The minimum absolute atomic E-state index is 0.189. The highest BCUT2D eigenvalue weighted by molar-refractivity contribution is 5.76. The van der Waals surface area contributed by atoms with Gasteiger partial charge < -0.3 is 4.90 Å². The second kappa shape index (κ2) is 6.90. The second-order valence-electron chi connectivity index (χ2n) is 5.22.